The number of nitrogens with one attached hydrogen (secondary N) is 1. The predicted molar refractivity (Wildman–Crippen MR) is 110 cm³/mol. The summed E-state index contributed by atoms with van der Waals surface area (Å²) in [4.78, 5) is 21.0. The van der Waals surface area contributed by atoms with Gasteiger partial charge in [-0.3, -0.25) is 4.79 Å². The summed E-state index contributed by atoms with van der Waals surface area (Å²) in [6, 6.07) is 15.7. The standard InChI is InChI=1S/C21H18FN5OS/c1-14(15-5-3-2-4-6-15)26-19(28)12-29-21-18-11-25-27(20(18)23-13-24-21)17-9-7-16(22)8-10-17/h2-11,13-14H,12H2,1H3,(H,26,28)/t14-/m1/s1. The van der Waals surface area contributed by atoms with Gasteiger partial charge < -0.3 is 5.32 Å². The molecular formula is C21H18FN5OS. The van der Waals surface area contributed by atoms with Crippen molar-refractivity contribution in [3.63, 3.8) is 0 Å². The van der Waals surface area contributed by atoms with Crippen LogP contribution in [0.2, 0.25) is 0 Å². The zero-order chi connectivity index (χ0) is 20.2. The first-order valence-electron chi connectivity index (χ1n) is 9.03. The molecule has 0 saturated heterocycles. The smallest absolute Gasteiger partial charge is 0.230 e. The molecule has 8 heteroatoms. The third-order valence-corrected chi connectivity index (χ3v) is 5.42. The van der Waals surface area contributed by atoms with Crippen LogP contribution in [-0.4, -0.2) is 31.4 Å². The Balaban J connectivity index is 1.47. The second-order valence-corrected chi connectivity index (χ2v) is 7.40. The molecule has 29 heavy (non-hydrogen) atoms. The largest absolute Gasteiger partial charge is 0.349 e. The van der Waals surface area contributed by atoms with Crippen molar-refractivity contribution in [2.24, 2.45) is 0 Å². The lowest BCUT2D eigenvalue weighted by Gasteiger charge is -2.14. The van der Waals surface area contributed by atoms with Gasteiger partial charge in [-0.05, 0) is 36.8 Å². The second kappa shape index (κ2) is 8.40. The van der Waals surface area contributed by atoms with E-state index < -0.39 is 0 Å². The van der Waals surface area contributed by atoms with Crippen molar-refractivity contribution in [3.05, 3.63) is 78.5 Å². The molecule has 0 saturated carbocycles. The van der Waals surface area contributed by atoms with E-state index in [0.717, 1.165) is 10.9 Å². The summed E-state index contributed by atoms with van der Waals surface area (Å²) in [5.41, 5.74) is 2.36. The van der Waals surface area contributed by atoms with E-state index >= 15 is 0 Å². The van der Waals surface area contributed by atoms with Gasteiger partial charge in [0.25, 0.3) is 0 Å². The van der Waals surface area contributed by atoms with Crippen LogP contribution in [0.1, 0.15) is 18.5 Å². The van der Waals surface area contributed by atoms with Crippen LogP contribution in [0.25, 0.3) is 16.7 Å². The van der Waals surface area contributed by atoms with E-state index in [9.17, 15) is 9.18 Å². The Hall–Kier alpha value is -3.26. The number of carbonyl (C=O) groups is 1. The van der Waals surface area contributed by atoms with E-state index in [2.05, 4.69) is 20.4 Å². The fraction of sp³-hybridized carbons (Fsp3) is 0.143. The average molecular weight is 407 g/mol. The van der Waals surface area contributed by atoms with E-state index in [1.165, 1.54) is 30.2 Å². The number of amides is 1. The van der Waals surface area contributed by atoms with Crippen LogP contribution >= 0.6 is 11.8 Å². The summed E-state index contributed by atoms with van der Waals surface area (Å²) in [6.07, 6.45) is 3.10. The maximum absolute atomic E-state index is 13.2. The van der Waals surface area contributed by atoms with Crippen molar-refractivity contribution < 1.29 is 9.18 Å². The number of fused-ring (bicyclic) bond motifs is 1. The molecule has 6 nitrogen and oxygen atoms in total. The summed E-state index contributed by atoms with van der Waals surface area (Å²) in [7, 11) is 0. The number of nitrogens with zero attached hydrogens (tertiary/aromatic N) is 4. The van der Waals surface area contributed by atoms with Crippen molar-refractivity contribution in [1.82, 2.24) is 25.1 Å². The average Bonchev–Trinajstić information content (AvgIpc) is 3.18. The topological polar surface area (TPSA) is 72.7 Å². The number of halogens is 1. The molecule has 0 bridgehead atoms. The highest BCUT2D eigenvalue weighted by atomic mass is 32.2. The SMILES string of the molecule is C[C@@H](NC(=O)CSc1ncnc2c1cnn2-c1ccc(F)cc1)c1ccccc1. The summed E-state index contributed by atoms with van der Waals surface area (Å²) < 4.78 is 14.8. The van der Waals surface area contributed by atoms with Gasteiger partial charge in [-0.1, -0.05) is 42.1 Å². The van der Waals surface area contributed by atoms with Crippen LogP contribution in [0.4, 0.5) is 4.39 Å². The van der Waals surface area contributed by atoms with Gasteiger partial charge in [-0.2, -0.15) is 5.10 Å². The third-order valence-electron chi connectivity index (χ3n) is 4.42. The van der Waals surface area contributed by atoms with Crippen LogP contribution < -0.4 is 5.32 Å². The molecule has 0 aliphatic heterocycles. The Morgan fingerprint density at radius 1 is 1.14 bits per heavy atom. The summed E-state index contributed by atoms with van der Waals surface area (Å²) in [5.74, 6) is -0.166. The van der Waals surface area contributed by atoms with E-state index in [1.807, 2.05) is 37.3 Å². The van der Waals surface area contributed by atoms with Gasteiger partial charge in [0.2, 0.25) is 5.91 Å². The van der Waals surface area contributed by atoms with E-state index in [1.54, 1.807) is 23.0 Å². The van der Waals surface area contributed by atoms with Gasteiger partial charge in [0.1, 0.15) is 17.2 Å². The quantitative estimate of drug-likeness (QED) is 0.387. The Morgan fingerprint density at radius 2 is 1.90 bits per heavy atom. The molecule has 0 radical (unpaired) electrons. The molecule has 0 spiro atoms. The number of hydrogen-bond donors (Lipinski definition) is 1. The van der Waals surface area contributed by atoms with Crippen molar-refractivity contribution >= 4 is 28.7 Å². The lowest BCUT2D eigenvalue weighted by atomic mass is 10.1. The molecule has 2 aromatic heterocycles. The monoisotopic (exact) mass is 407 g/mol. The molecule has 1 amide bonds. The number of benzene rings is 2. The Bertz CT molecular complexity index is 1130. The van der Waals surface area contributed by atoms with Crippen molar-refractivity contribution in [2.75, 3.05) is 5.75 Å². The molecular weight excluding hydrogens is 389 g/mol. The molecule has 2 heterocycles. The minimum absolute atomic E-state index is 0.0732. The third kappa shape index (κ3) is 4.27. The molecule has 1 N–H and O–H groups in total. The lowest BCUT2D eigenvalue weighted by Crippen LogP contribution is -2.28. The van der Waals surface area contributed by atoms with Crippen LogP contribution in [0, 0.1) is 5.82 Å². The molecule has 0 aliphatic rings. The first-order chi connectivity index (χ1) is 14.1. The first kappa shape index (κ1) is 19.1. The second-order valence-electron chi connectivity index (χ2n) is 6.44. The summed E-state index contributed by atoms with van der Waals surface area (Å²) in [6.45, 7) is 1.95. The molecule has 4 aromatic rings. The Labute approximate surface area is 171 Å². The maximum Gasteiger partial charge on any atom is 0.230 e. The molecule has 0 aliphatic carbocycles. The highest BCUT2D eigenvalue weighted by molar-refractivity contribution is 8.00. The number of carbonyl (C=O) groups excluding carboxylic acids is 1. The molecule has 4 rings (SSSR count). The van der Waals surface area contributed by atoms with Gasteiger partial charge in [0.05, 0.1) is 29.1 Å². The van der Waals surface area contributed by atoms with Gasteiger partial charge in [0, 0.05) is 0 Å². The highest BCUT2D eigenvalue weighted by Gasteiger charge is 2.14. The van der Waals surface area contributed by atoms with Crippen LogP contribution in [0.15, 0.2) is 72.1 Å². The van der Waals surface area contributed by atoms with E-state index in [4.69, 9.17) is 0 Å². The zero-order valence-electron chi connectivity index (χ0n) is 15.6. The lowest BCUT2D eigenvalue weighted by molar-refractivity contribution is -0.119. The van der Waals surface area contributed by atoms with Crippen LogP contribution in [0.3, 0.4) is 0 Å². The Morgan fingerprint density at radius 3 is 2.66 bits per heavy atom. The number of thioether (sulfide) groups is 1. The van der Waals surface area contributed by atoms with E-state index in [0.29, 0.717) is 16.4 Å². The van der Waals surface area contributed by atoms with Gasteiger partial charge >= 0.3 is 0 Å². The zero-order valence-corrected chi connectivity index (χ0v) is 16.4. The molecule has 0 unspecified atom stereocenters. The van der Waals surface area contributed by atoms with Crippen LogP contribution in [-0.2, 0) is 4.79 Å². The fourth-order valence-electron chi connectivity index (χ4n) is 2.95. The Kier molecular flexibility index (Phi) is 5.53. The summed E-state index contributed by atoms with van der Waals surface area (Å²) in [5, 5.41) is 8.75. The van der Waals surface area contributed by atoms with Crippen LogP contribution in [0.5, 0.6) is 0 Å². The fourth-order valence-corrected chi connectivity index (χ4v) is 3.72. The van der Waals surface area contributed by atoms with Gasteiger partial charge in [0.15, 0.2) is 5.65 Å². The molecule has 2 aromatic carbocycles. The number of aromatic nitrogens is 4. The highest BCUT2D eigenvalue weighted by Crippen LogP contribution is 2.26. The molecule has 1 atom stereocenters. The minimum Gasteiger partial charge on any atom is -0.349 e. The van der Waals surface area contributed by atoms with Crippen molar-refractivity contribution in [3.8, 4) is 5.69 Å². The van der Waals surface area contributed by atoms with E-state index in [-0.39, 0.29) is 23.5 Å². The number of rotatable bonds is 6. The number of hydrogen-bond acceptors (Lipinski definition) is 5. The normalized spacial score (nSPS) is 12.1. The van der Waals surface area contributed by atoms with Gasteiger partial charge in [-0.25, -0.2) is 19.0 Å². The minimum atomic E-state index is -0.313. The maximum atomic E-state index is 13.2. The molecule has 0 fully saturated rings. The predicted octanol–water partition coefficient (Wildman–Crippen LogP) is 3.92. The summed E-state index contributed by atoms with van der Waals surface area (Å²) >= 11 is 1.33. The van der Waals surface area contributed by atoms with Crippen molar-refractivity contribution in [1.29, 1.82) is 0 Å². The first-order valence-corrected chi connectivity index (χ1v) is 10.0. The van der Waals surface area contributed by atoms with Crippen molar-refractivity contribution in [2.45, 2.75) is 18.0 Å². The molecule has 146 valence electrons. The van der Waals surface area contributed by atoms with Gasteiger partial charge in [-0.15, -0.1) is 0 Å².